The Morgan fingerprint density at radius 2 is 1.72 bits per heavy atom. The molecule has 2 aromatic carbocycles. The lowest BCUT2D eigenvalue weighted by Gasteiger charge is -2.04. The monoisotopic (exact) mass is 237 g/mol. The Balaban J connectivity index is 2.21. The van der Waals surface area contributed by atoms with Crippen molar-refractivity contribution in [3.63, 3.8) is 0 Å². The van der Waals surface area contributed by atoms with Gasteiger partial charge in [-0.05, 0) is 22.9 Å². The SMILES string of the molecule is O=C(O)c1ccc(-c2cccc3ccccc23)[nH]1. The van der Waals surface area contributed by atoms with Crippen LogP contribution in [0.4, 0.5) is 0 Å². The van der Waals surface area contributed by atoms with Crippen LogP contribution in [0, 0.1) is 0 Å². The van der Waals surface area contributed by atoms with Crippen molar-refractivity contribution in [1.29, 1.82) is 0 Å². The highest BCUT2D eigenvalue weighted by Gasteiger charge is 2.09. The molecule has 0 aliphatic rings. The molecule has 3 rings (SSSR count). The van der Waals surface area contributed by atoms with Crippen LogP contribution in [-0.2, 0) is 0 Å². The molecule has 0 bridgehead atoms. The van der Waals surface area contributed by atoms with Gasteiger partial charge in [-0.3, -0.25) is 0 Å². The van der Waals surface area contributed by atoms with E-state index in [-0.39, 0.29) is 5.69 Å². The molecule has 3 nitrogen and oxygen atoms in total. The van der Waals surface area contributed by atoms with Gasteiger partial charge in [0.15, 0.2) is 0 Å². The van der Waals surface area contributed by atoms with Crippen molar-refractivity contribution in [2.45, 2.75) is 0 Å². The number of aromatic carboxylic acids is 1. The van der Waals surface area contributed by atoms with Gasteiger partial charge in [-0.25, -0.2) is 4.79 Å². The molecule has 2 N–H and O–H groups in total. The third-order valence-electron chi connectivity index (χ3n) is 3.00. The van der Waals surface area contributed by atoms with E-state index in [1.54, 1.807) is 12.1 Å². The fourth-order valence-corrected chi connectivity index (χ4v) is 2.14. The number of benzene rings is 2. The summed E-state index contributed by atoms with van der Waals surface area (Å²) >= 11 is 0. The molecule has 0 aliphatic carbocycles. The number of carboxylic acid groups (broad SMARTS) is 1. The second kappa shape index (κ2) is 4.04. The van der Waals surface area contributed by atoms with Crippen LogP contribution in [0.25, 0.3) is 22.0 Å². The van der Waals surface area contributed by atoms with Crippen LogP contribution in [0.5, 0.6) is 0 Å². The van der Waals surface area contributed by atoms with Gasteiger partial charge in [0.1, 0.15) is 5.69 Å². The highest BCUT2D eigenvalue weighted by Crippen LogP contribution is 2.27. The molecule has 0 saturated carbocycles. The molecule has 0 unspecified atom stereocenters. The first-order valence-corrected chi connectivity index (χ1v) is 5.66. The highest BCUT2D eigenvalue weighted by molar-refractivity contribution is 5.96. The Morgan fingerprint density at radius 1 is 0.944 bits per heavy atom. The highest BCUT2D eigenvalue weighted by atomic mass is 16.4. The van der Waals surface area contributed by atoms with E-state index in [4.69, 9.17) is 5.11 Å². The fraction of sp³-hybridized carbons (Fsp3) is 0. The molecule has 0 spiro atoms. The predicted octanol–water partition coefficient (Wildman–Crippen LogP) is 3.53. The van der Waals surface area contributed by atoms with Gasteiger partial charge in [0.05, 0.1) is 0 Å². The molecule has 0 saturated heterocycles. The lowest BCUT2D eigenvalue weighted by Crippen LogP contribution is -1.95. The van der Waals surface area contributed by atoms with Gasteiger partial charge in [-0.1, -0.05) is 42.5 Å². The van der Waals surface area contributed by atoms with Crippen LogP contribution in [0.2, 0.25) is 0 Å². The third kappa shape index (κ3) is 1.66. The Kier molecular flexibility index (Phi) is 2.38. The molecule has 3 heteroatoms. The number of aromatic amines is 1. The van der Waals surface area contributed by atoms with Crippen LogP contribution >= 0.6 is 0 Å². The average Bonchev–Trinajstić information content (AvgIpc) is 2.87. The second-order valence-electron chi connectivity index (χ2n) is 4.12. The summed E-state index contributed by atoms with van der Waals surface area (Å²) in [6, 6.07) is 17.4. The Bertz CT molecular complexity index is 723. The molecular weight excluding hydrogens is 226 g/mol. The smallest absolute Gasteiger partial charge is 0.352 e. The first-order chi connectivity index (χ1) is 8.75. The third-order valence-corrected chi connectivity index (χ3v) is 3.00. The number of hydrogen-bond acceptors (Lipinski definition) is 1. The van der Waals surface area contributed by atoms with E-state index in [1.807, 2.05) is 42.5 Å². The molecule has 88 valence electrons. The molecule has 1 heterocycles. The van der Waals surface area contributed by atoms with Crippen molar-refractivity contribution >= 4 is 16.7 Å². The van der Waals surface area contributed by atoms with Crippen LogP contribution in [0.1, 0.15) is 10.5 Å². The number of carbonyl (C=O) groups is 1. The summed E-state index contributed by atoms with van der Waals surface area (Å²) in [5.74, 6) is -0.943. The van der Waals surface area contributed by atoms with Gasteiger partial charge < -0.3 is 10.1 Å². The number of nitrogens with one attached hydrogen (secondary N) is 1. The minimum Gasteiger partial charge on any atom is -0.477 e. The van der Waals surface area contributed by atoms with E-state index >= 15 is 0 Å². The molecule has 0 amide bonds. The molecule has 0 radical (unpaired) electrons. The van der Waals surface area contributed by atoms with Gasteiger partial charge in [0.25, 0.3) is 0 Å². The van der Waals surface area contributed by atoms with E-state index in [0.29, 0.717) is 0 Å². The van der Waals surface area contributed by atoms with Gasteiger partial charge in [-0.2, -0.15) is 0 Å². The summed E-state index contributed by atoms with van der Waals surface area (Å²) < 4.78 is 0. The van der Waals surface area contributed by atoms with Crippen LogP contribution in [0.15, 0.2) is 54.6 Å². The zero-order valence-electron chi connectivity index (χ0n) is 9.55. The van der Waals surface area contributed by atoms with Gasteiger partial charge >= 0.3 is 5.97 Å². The van der Waals surface area contributed by atoms with Gasteiger partial charge in [0.2, 0.25) is 0 Å². The van der Waals surface area contributed by atoms with Crippen LogP contribution in [0.3, 0.4) is 0 Å². The van der Waals surface area contributed by atoms with E-state index in [0.717, 1.165) is 22.0 Å². The summed E-state index contributed by atoms with van der Waals surface area (Å²) in [6.07, 6.45) is 0. The zero-order chi connectivity index (χ0) is 12.5. The van der Waals surface area contributed by atoms with Crippen molar-refractivity contribution in [3.05, 3.63) is 60.3 Å². The average molecular weight is 237 g/mol. The second-order valence-corrected chi connectivity index (χ2v) is 4.12. The summed E-state index contributed by atoms with van der Waals surface area (Å²) in [4.78, 5) is 13.8. The van der Waals surface area contributed by atoms with Gasteiger partial charge in [-0.15, -0.1) is 0 Å². The van der Waals surface area contributed by atoms with Crippen molar-refractivity contribution < 1.29 is 9.90 Å². The summed E-state index contributed by atoms with van der Waals surface area (Å²) in [6.45, 7) is 0. The largest absolute Gasteiger partial charge is 0.477 e. The van der Waals surface area contributed by atoms with Gasteiger partial charge in [0, 0.05) is 11.3 Å². The van der Waals surface area contributed by atoms with Crippen LogP contribution < -0.4 is 0 Å². The quantitative estimate of drug-likeness (QED) is 0.716. The van der Waals surface area contributed by atoms with E-state index in [9.17, 15) is 4.79 Å². The topological polar surface area (TPSA) is 53.1 Å². The molecule has 1 aromatic heterocycles. The fourth-order valence-electron chi connectivity index (χ4n) is 2.14. The normalized spacial score (nSPS) is 10.7. The number of H-pyrrole nitrogens is 1. The van der Waals surface area contributed by atoms with E-state index in [1.165, 1.54) is 0 Å². The lowest BCUT2D eigenvalue weighted by atomic mass is 10.0. The van der Waals surface area contributed by atoms with E-state index < -0.39 is 5.97 Å². The Morgan fingerprint density at radius 3 is 2.50 bits per heavy atom. The Hall–Kier alpha value is -2.55. The maximum Gasteiger partial charge on any atom is 0.352 e. The summed E-state index contributed by atoms with van der Waals surface area (Å²) in [5, 5.41) is 11.2. The first-order valence-electron chi connectivity index (χ1n) is 5.66. The standard InChI is InChI=1S/C15H11NO2/c17-15(18)14-9-8-13(16-14)12-7-3-5-10-4-1-2-6-11(10)12/h1-9,16H,(H,17,18). The molecular formula is C15H11NO2. The number of rotatable bonds is 2. The molecule has 0 atom stereocenters. The summed E-state index contributed by atoms with van der Waals surface area (Å²) in [7, 11) is 0. The number of aromatic nitrogens is 1. The number of hydrogen-bond donors (Lipinski definition) is 2. The minimum absolute atomic E-state index is 0.206. The molecule has 3 aromatic rings. The maximum atomic E-state index is 10.9. The summed E-state index contributed by atoms with van der Waals surface area (Å²) in [5.41, 5.74) is 2.04. The van der Waals surface area contributed by atoms with Crippen molar-refractivity contribution in [2.24, 2.45) is 0 Å². The predicted molar refractivity (Wildman–Crippen MR) is 70.7 cm³/mol. The van der Waals surface area contributed by atoms with Crippen molar-refractivity contribution in [3.8, 4) is 11.3 Å². The van der Waals surface area contributed by atoms with E-state index in [2.05, 4.69) is 4.98 Å². The zero-order valence-corrected chi connectivity index (χ0v) is 9.55. The molecule has 0 aliphatic heterocycles. The maximum absolute atomic E-state index is 10.9. The van der Waals surface area contributed by atoms with Crippen LogP contribution in [-0.4, -0.2) is 16.1 Å². The molecule has 0 fully saturated rings. The Labute approximate surface area is 104 Å². The minimum atomic E-state index is -0.943. The van der Waals surface area contributed by atoms with Crippen molar-refractivity contribution in [2.75, 3.05) is 0 Å². The lowest BCUT2D eigenvalue weighted by molar-refractivity contribution is 0.0691. The van der Waals surface area contributed by atoms with Crippen molar-refractivity contribution in [1.82, 2.24) is 4.98 Å². The number of carboxylic acids is 1. The first kappa shape index (κ1) is 10.6. The number of fused-ring (bicyclic) bond motifs is 1. The molecule has 18 heavy (non-hydrogen) atoms.